The molecule has 2 saturated heterocycles. The number of nitrogens with one attached hydrogen (secondary N) is 1. The second-order valence-electron chi connectivity index (χ2n) is 8.27. The fraction of sp³-hybridized carbons (Fsp3) is 0.650. The van der Waals surface area contributed by atoms with Gasteiger partial charge in [0.05, 0.1) is 0 Å². The van der Waals surface area contributed by atoms with E-state index in [4.69, 9.17) is 0 Å². The molecule has 2 fully saturated rings. The third-order valence-corrected chi connectivity index (χ3v) is 5.77. The van der Waals surface area contributed by atoms with Gasteiger partial charge in [0, 0.05) is 31.5 Å². The van der Waals surface area contributed by atoms with Crippen LogP contribution in [0, 0.1) is 12.3 Å². The van der Waals surface area contributed by atoms with Gasteiger partial charge in [0.25, 0.3) is 0 Å². The van der Waals surface area contributed by atoms with Crippen LogP contribution in [0.15, 0.2) is 24.3 Å². The number of carbonyl (C=O) groups is 1. The molecule has 0 aliphatic carbocycles. The van der Waals surface area contributed by atoms with Gasteiger partial charge in [-0.1, -0.05) is 43.7 Å². The Morgan fingerprint density at radius 1 is 1.26 bits per heavy atom. The van der Waals surface area contributed by atoms with Crippen LogP contribution in [0.25, 0.3) is 0 Å². The Bertz CT molecular complexity index is 556. The smallest absolute Gasteiger partial charge is 0.223 e. The number of piperidine rings is 1. The molecule has 1 N–H and O–H groups in total. The molecule has 1 spiro atoms. The molecule has 0 bridgehead atoms. The van der Waals surface area contributed by atoms with Crippen LogP contribution in [0.3, 0.4) is 0 Å². The van der Waals surface area contributed by atoms with E-state index in [0.717, 1.165) is 32.6 Å². The summed E-state index contributed by atoms with van der Waals surface area (Å²) < 4.78 is 0. The zero-order valence-corrected chi connectivity index (χ0v) is 14.8. The maximum atomic E-state index is 12.9. The Morgan fingerprint density at radius 2 is 2.00 bits per heavy atom. The van der Waals surface area contributed by atoms with Crippen LogP contribution in [0.2, 0.25) is 0 Å². The maximum absolute atomic E-state index is 12.9. The molecule has 23 heavy (non-hydrogen) atoms. The van der Waals surface area contributed by atoms with Crippen LogP contribution in [-0.4, -0.2) is 37.0 Å². The van der Waals surface area contributed by atoms with Crippen LogP contribution in [-0.2, 0) is 10.2 Å². The molecule has 1 amide bonds. The lowest BCUT2D eigenvalue weighted by Gasteiger charge is -2.41. The normalized spacial score (nSPS) is 25.1. The molecule has 126 valence electrons. The van der Waals surface area contributed by atoms with Crippen molar-refractivity contribution in [1.82, 2.24) is 10.2 Å². The lowest BCUT2D eigenvalue weighted by atomic mass is 9.77. The van der Waals surface area contributed by atoms with E-state index in [1.165, 1.54) is 24.0 Å². The van der Waals surface area contributed by atoms with Gasteiger partial charge in [-0.25, -0.2) is 0 Å². The van der Waals surface area contributed by atoms with E-state index in [0.29, 0.717) is 17.7 Å². The maximum Gasteiger partial charge on any atom is 0.223 e. The molecule has 1 aromatic rings. The topological polar surface area (TPSA) is 32.3 Å². The van der Waals surface area contributed by atoms with Crippen LogP contribution in [0.4, 0.5) is 0 Å². The van der Waals surface area contributed by atoms with Crippen molar-refractivity contribution in [1.29, 1.82) is 0 Å². The number of benzene rings is 1. The minimum atomic E-state index is -0.108. The van der Waals surface area contributed by atoms with Crippen molar-refractivity contribution >= 4 is 5.91 Å². The lowest BCUT2D eigenvalue weighted by Crippen LogP contribution is -2.48. The third-order valence-electron chi connectivity index (χ3n) is 5.77. The van der Waals surface area contributed by atoms with Crippen molar-refractivity contribution < 1.29 is 4.79 Å². The van der Waals surface area contributed by atoms with Crippen LogP contribution in [0.1, 0.15) is 50.7 Å². The predicted octanol–water partition coefficient (Wildman–Crippen LogP) is 3.26. The molecule has 0 aromatic heterocycles. The fourth-order valence-electron chi connectivity index (χ4n) is 4.16. The molecule has 1 aromatic carbocycles. The van der Waals surface area contributed by atoms with Gasteiger partial charge < -0.3 is 10.2 Å². The van der Waals surface area contributed by atoms with E-state index in [1.54, 1.807) is 0 Å². The van der Waals surface area contributed by atoms with E-state index in [-0.39, 0.29) is 5.41 Å². The van der Waals surface area contributed by atoms with Crippen LogP contribution < -0.4 is 5.32 Å². The summed E-state index contributed by atoms with van der Waals surface area (Å²) in [5.74, 6) is 0.321. The summed E-state index contributed by atoms with van der Waals surface area (Å²) in [5, 5.41) is 3.48. The highest BCUT2D eigenvalue weighted by molar-refractivity contribution is 5.78. The van der Waals surface area contributed by atoms with Crippen molar-refractivity contribution in [3.8, 4) is 0 Å². The number of aryl methyl sites for hydroxylation is 1. The van der Waals surface area contributed by atoms with Crippen molar-refractivity contribution in [3.63, 3.8) is 0 Å². The SMILES string of the molecule is Cc1ccc(C(C)(C)CC(=O)N2CCCC3(CCNC3)C2)cc1. The molecule has 0 saturated carbocycles. The Hall–Kier alpha value is -1.35. The van der Waals surface area contributed by atoms with E-state index in [9.17, 15) is 4.79 Å². The minimum Gasteiger partial charge on any atom is -0.342 e. The van der Waals surface area contributed by atoms with E-state index < -0.39 is 0 Å². The average Bonchev–Trinajstić information content (AvgIpc) is 2.95. The number of carbonyl (C=O) groups excluding carboxylic acids is 1. The number of nitrogens with zero attached hydrogens (tertiary/aromatic N) is 1. The quantitative estimate of drug-likeness (QED) is 0.929. The van der Waals surface area contributed by atoms with E-state index in [1.807, 2.05) is 0 Å². The number of hydrogen-bond donors (Lipinski definition) is 1. The molecule has 1 atom stereocenters. The van der Waals surface area contributed by atoms with Crippen molar-refractivity contribution in [3.05, 3.63) is 35.4 Å². The summed E-state index contributed by atoms with van der Waals surface area (Å²) in [7, 11) is 0. The van der Waals surface area contributed by atoms with E-state index >= 15 is 0 Å². The Kier molecular flexibility index (Phi) is 4.50. The van der Waals surface area contributed by atoms with Gasteiger partial charge in [0.15, 0.2) is 0 Å². The van der Waals surface area contributed by atoms with Crippen molar-refractivity contribution in [2.75, 3.05) is 26.2 Å². The lowest BCUT2D eigenvalue weighted by molar-refractivity contribution is -0.135. The number of amides is 1. The summed E-state index contributed by atoms with van der Waals surface area (Å²) in [6.45, 7) is 10.5. The molecule has 3 rings (SSSR count). The van der Waals surface area contributed by atoms with Crippen LogP contribution in [0.5, 0.6) is 0 Å². The summed E-state index contributed by atoms with van der Waals surface area (Å²) in [4.78, 5) is 15.0. The molecule has 3 nitrogen and oxygen atoms in total. The zero-order valence-electron chi connectivity index (χ0n) is 14.8. The molecule has 1 unspecified atom stereocenters. The Balaban J connectivity index is 1.66. The first kappa shape index (κ1) is 16.5. The van der Waals surface area contributed by atoms with Crippen molar-refractivity contribution in [2.45, 2.75) is 51.9 Å². The first-order valence-electron chi connectivity index (χ1n) is 8.96. The fourth-order valence-corrected chi connectivity index (χ4v) is 4.16. The summed E-state index contributed by atoms with van der Waals surface area (Å²) in [6.07, 6.45) is 4.24. The number of rotatable bonds is 3. The standard InChI is InChI=1S/C20H30N2O/c1-16-5-7-17(8-6-16)19(2,3)13-18(23)22-12-4-9-20(15-22)10-11-21-14-20/h5-8,21H,4,9-15H2,1-3H3. The highest BCUT2D eigenvalue weighted by Crippen LogP contribution is 2.36. The van der Waals surface area contributed by atoms with Gasteiger partial charge in [0.1, 0.15) is 0 Å². The molecule has 2 aliphatic heterocycles. The Labute approximate surface area is 140 Å². The van der Waals surface area contributed by atoms with Crippen molar-refractivity contribution in [2.24, 2.45) is 5.41 Å². The third kappa shape index (κ3) is 3.60. The molecule has 3 heteroatoms. The highest BCUT2D eigenvalue weighted by Gasteiger charge is 2.40. The second kappa shape index (κ2) is 6.27. The van der Waals surface area contributed by atoms with Gasteiger partial charge in [0.2, 0.25) is 5.91 Å². The first-order valence-corrected chi connectivity index (χ1v) is 8.96. The summed E-state index contributed by atoms with van der Waals surface area (Å²) in [6, 6.07) is 8.62. The van der Waals surface area contributed by atoms with Gasteiger partial charge in [-0.05, 0) is 43.7 Å². The molecule has 2 aliphatic rings. The second-order valence-corrected chi connectivity index (χ2v) is 8.27. The predicted molar refractivity (Wildman–Crippen MR) is 94.6 cm³/mol. The first-order chi connectivity index (χ1) is 10.9. The monoisotopic (exact) mass is 314 g/mol. The minimum absolute atomic E-state index is 0.108. The summed E-state index contributed by atoms with van der Waals surface area (Å²) in [5.41, 5.74) is 2.76. The summed E-state index contributed by atoms with van der Waals surface area (Å²) >= 11 is 0. The zero-order chi connectivity index (χ0) is 16.5. The van der Waals surface area contributed by atoms with E-state index in [2.05, 4.69) is 55.3 Å². The van der Waals surface area contributed by atoms with Gasteiger partial charge in [-0.2, -0.15) is 0 Å². The Morgan fingerprint density at radius 3 is 2.65 bits per heavy atom. The van der Waals surface area contributed by atoms with Crippen LogP contribution >= 0.6 is 0 Å². The molecule has 0 radical (unpaired) electrons. The largest absolute Gasteiger partial charge is 0.342 e. The molecular weight excluding hydrogens is 284 g/mol. The molecular formula is C20H30N2O. The molecule has 2 heterocycles. The highest BCUT2D eigenvalue weighted by atomic mass is 16.2. The van der Waals surface area contributed by atoms with Gasteiger partial charge in [-0.3, -0.25) is 4.79 Å². The number of likely N-dealkylation sites (tertiary alicyclic amines) is 1. The van der Waals surface area contributed by atoms with Gasteiger partial charge in [-0.15, -0.1) is 0 Å². The average molecular weight is 314 g/mol. The number of hydrogen-bond acceptors (Lipinski definition) is 2. The van der Waals surface area contributed by atoms with Gasteiger partial charge >= 0.3 is 0 Å².